The molecule has 0 aliphatic carbocycles. The van der Waals surface area contributed by atoms with Gasteiger partial charge in [-0.15, -0.1) is 11.3 Å². The molecule has 0 aliphatic rings. The van der Waals surface area contributed by atoms with Gasteiger partial charge in [0.25, 0.3) is 0 Å². The van der Waals surface area contributed by atoms with Gasteiger partial charge in [-0.3, -0.25) is 5.10 Å². The van der Waals surface area contributed by atoms with Gasteiger partial charge in [-0.1, -0.05) is 0 Å². The summed E-state index contributed by atoms with van der Waals surface area (Å²) in [5.74, 6) is -0.231. The van der Waals surface area contributed by atoms with Gasteiger partial charge in [-0.05, 0) is 43.3 Å². The van der Waals surface area contributed by atoms with Crippen molar-refractivity contribution in [3.63, 3.8) is 0 Å². The minimum Gasteiger partial charge on any atom is -0.308 e. The average molecular weight is 301 g/mol. The lowest BCUT2D eigenvalue weighted by Crippen LogP contribution is -2.11. The molecule has 0 fully saturated rings. The maximum Gasteiger partial charge on any atom is 0.123 e. The third-order valence-corrected chi connectivity index (χ3v) is 4.26. The molecule has 0 saturated heterocycles. The van der Waals surface area contributed by atoms with Crippen molar-refractivity contribution >= 4 is 11.3 Å². The fourth-order valence-electron chi connectivity index (χ4n) is 2.21. The zero-order valence-corrected chi connectivity index (χ0v) is 12.5. The molecule has 3 rings (SSSR count). The molecule has 0 aliphatic heterocycles. The number of hydrogen-bond donors (Lipinski definition) is 2. The van der Waals surface area contributed by atoms with Gasteiger partial charge in [0.2, 0.25) is 0 Å². The van der Waals surface area contributed by atoms with Crippen LogP contribution in [0.2, 0.25) is 0 Å². The highest BCUT2D eigenvalue weighted by Crippen LogP contribution is 2.21. The Balaban J connectivity index is 1.66. The van der Waals surface area contributed by atoms with Crippen LogP contribution >= 0.6 is 11.3 Å². The third-order valence-electron chi connectivity index (χ3n) is 3.26. The van der Waals surface area contributed by atoms with Crippen LogP contribution in [0.25, 0.3) is 11.3 Å². The Morgan fingerprint density at radius 3 is 2.67 bits per heavy atom. The predicted molar refractivity (Wildman–Crippen MR) is 83.6 cm³/mol. The quantitative estimate of drug-likeness (QED) is 0.751. The second-order valence-electron chi connectivity index (χ2n) is 4.89. The molecule has 0 radical (unpaired) electrons. The van der Waals surface area contributed by atoms with Crippen LogP contribution in [0, 0.1) is 12.7 Å². The van der Waals surface area contributed by atoms with Crippen LogP contribution in [-0.4, -0.2) is 10.2 Å². The molecule has 0 bridgehead atoms. The Morgan fingerprint density at radius 2 is 1.95 bits per heavy atom. The second kappa shape index (κ2) is 6.20. The lowest BCUT2D eigenvalue weighted by atomic mass is 10.1. The monoisotopic (exact) mass is 301 g/mol. The summed E-state index contributed by atoms with van der Waals surface area (Å²) in [6.07, 6.45) is 1.81. The Hall–Kier alpha value is -1.98. The number of aromatic nitrogens is 2. The van der Waals surface area contributed by atoms with Gasteiger partial charge in [0.15, 0.2) is 0 Å². The molecule has 0 amide bonds. The molecular weight excluding hydrogens is 285 g/mol. The van der Waals surface area contributed by atoms with E-state index in [2.05, 4.69) is 34.6 Å². The van der Waals surface area contributed by atoms with Crippen LogP contribution in [0.5, 0.6) is 0 Å². The molecule has 1 aromatic carbocycles. The third kappa shape index (κ3) is 3.37. The normalized spacial score (nSPS) is 11.0. The molecule has 3 aromatic rings. The molecule has 0 spiro atoms. The molecule has 2 aromatic heterocycles. The van der Waals surface area contributed by atoms with Gasteiger partial charge in [0, 0.05) is 34.0 Å². The number of hydrogen-bond acceptors (Lipinski definition) is 3. The zero-order chi connectivity index (χ0) is 14.7. The van der Waals surface area contributed by atoms with Crippen molar-refractivity contribution in [2.75, 3.05) is 0 Å². The van der Waals surface area contributed by atoms with Gasteiger partial charge >= 0.3 is 0 Å². The fourth-order valence-corrected chi connectivity index (χ4v) is 3.07. The van der Waals surface area contributed by atoms with Crippen molar-refractivity contribution in [1.82, 2.24) is 15.5 Å². The highest BCUT2D eigenvalue weighted by molar-refractivity contribution is 7.11. The molecule has 21 heavy (non-hydrogen) atoms. The molecule has 5 heteroatoms. The van der Waals surface area contributed by atoms with Crippen molar-refractivity contribution in [2.45, 2.75) is 20.0 Å². The van der Waals surface area contributed by atoms with E-state index in [4.69, 9.17) is 0 Å². The number of H-pyrrole nitrogens is 1. The first kappa shape index (κ1) is 14.0. The molecular formula is C16H16FN3S. The van der Waals surface area contributed by atoms with E-state index < -0.39 is 0 Å². The Bertz CT molecular complexity index is 715. The highest BCUT2D eigenvalue weighted by Gasteiger charge is 2.07. The van der Waals surface area contributed by atoms with Crippen LogP contribution in [0.3, 0.4) is 0 Å². The summed E-state index contributed by atoms with van der Waals surface area (Å²) in [6.45, 7) is 3.67. The van der Waals surface area contributed by atoms with E-state index >= 15 is 0 Å². The van der Waals surface area contributed by atoms with E-state index in [9.17, 15) is 4.39 Å². The van der Waals surface area contributed by atoms with Gasteiger partial charge in [0.05, 0.1) is 11.9 Å². The molecule has 108 valence electrons. The summed E-state index contributed by atoms with van der Waals surface area (Å²) in [5.41, 5.74) is 2.96. The molecule has 0 unspecified atom stereocenters. The van der Waals surface area contributed by atoms with Crippen molar-refractivity contribution in [1.29, 1.82) is 0 Å². The van der Waals surface area contributed by atoms with E-state index in [1.807, 2.05) is 6.20 Å². The first-order chi connectivity index (χ1) is 10.2. The van der Waals surface area contributed by atoms with E-state index in [0.29, 0.717) is 0 Å². The van der Waals surface area contributed by atoms with Crippen molar-refractivity contribution < 1.29 is 4.39 Å². The van der Waals surface area contributed by atoms with E-state index in [-0.39, 0.29) is 5.82 Å². The number of halogens is 1. The van der Waals surface area contributed by atoms with E-state index in [1.165, 1.54) is 21.9 Å². The zero-order valence-electron chi connectivity index (χ0n) is 11.7. The number of aromatic amines is 1. The first-order valence-corrected chi connectivity index (χ1v) is 7.58. The Morgan fingerprint density at radius 1 is 1.14 bits per heavy atom. The van der Waals surface area contributed by atoms with Crippen LogP contribution in [0.15, 0.2) is 42.6 Å². The summed E-state index contributed by atoms with van der Waals surface area (Å²) >= 11 is 1.80. The minimum absolute atomic E-state index is 0.231. The number of nitrogens with one attached hydrogen (secondary N) is 2. The summed E-state index contributed by atoms with van der Waals surface area (Å²) in [5, 5.41) is 10.5. The van der Waals surface area contributed by atoms with E-state index in [0.717, 1.165) is 29.9 Å². The molecule has 2 N–H and O–H groups in total. The summed E-state index contributed by atoms with van der Waals surface area (Å²) in [7, 11) is 0. The van der Waals surface area contributed by atoms with Gasteiger partial charge in [-0.2, -0.15) is 5.10 Å². The van der Waals surface area contributed by atoms with Crippen LogP contribution < -0.4 is 5.32 Å². The maximum absolute atomic E-state index is 13.0. The maximum atomic E-state index is 13.0. The minimum atomic E-state index is -0.231. The lowest BCUT2D eigenvalue weighted by Gasteiger charge is -2.05. The summed E-state index contributed by atoms with van der Waals surface area (Å²) in [6, 6.07) is 10.7. The molecule has 0 saturated carbocycles. The van der Waals surface area contributed by atoms with Gasteiger partial charge < -0.3 is 5.32 Å². The number of nitrogens with zero attached hydrogens (tertiary/aromatic N) is 1. The predicted octanol–water partition coefficient (Wildman–Crippen LogP) is 3.88. The van der Waals surface area contributed by atoms with Crippen LogP contribution in [0.4, 0.5) is 4.39 Å². The van der Waals surface area contributed by atoms with Crippen molar-refractivity contribution in [3.8, 4) is 11.3 Å². The molecule has 0 atom stereocenters. The average Bonchev–Trinajstić information content (AvgIpc) is 3.09. The Kier molecular flexibility index (Phi) is 4.13. The van der Waals surface area contributed by atoms with Crippen molar-refractivity contribution in [3.05, 3.63) is 63.7 Å². The summed E-state index contributed by atoms with van der Waals surface area (Å²) in [4.78, 5) is 2.64. The van der Waals surface area contributed by atoms with Gasteiger partial charge in [-0.25, -0.2) is 4.39 Å². The van der Waals surface area contributed by atoms with E-state index in [1.54, 1.807) is 23.5 Å². The van der Waals surface area contributed by atoms with Crippen molar-refractivity contribution in [2.24, 2.45) is 0 Å². The Labute approximate surface area is 126 Å². The largest absolute Gasteiger partial charge is 0.308 e. The summed E-state index contributed by atoms with van der Waals surface area (Å²) < 4.78 is 13.0. The second-order valence-corrected chi connectivity index (χ2v) is 6.27. The fraction of sp³-hybridized carbons (Fsp3) is 0.188. The smallest absolute Gasteiger partial charge is 0.123 e. The first-order valence-electron chi connectivity index (χ1n) is 6.76. The number of benzene rings is 1. The SMILES string of the molecule is Cc1ccc(CNCc2cn[nH]c2-c2ccc(F)cc2)s1. The van der Waals surface area contributed by atoms with Crippen LogP contribution in [0.1, 0.15) is 15.3 Å². The molecule has 3 nitrogen and oxygen atoms in total. The van der Waals surface area contributed by atoms with Gasteiger partial charge in [0.1, 0.15) is 5.82 Å². The number of thiophene rings is 1. The number of aryl methyl sites for hydroxylation is 1. The number of rotatable bonds is 5. The lowest BCUT2D eigenvalue weighted by molar-refractivity contribution is 0.628. The highest BCUT2D eigenvalue weighted by atomic mass is 32.1. The van der Waals surface area contributed by atoms with Crippen LogP contribution in [-0.2, 0) is 13.1 Å². The topological polar surface area (TPSA) is 40.7 Å². The molecule has 2 heterocycles. The standard InChI is InChI=1S/C16H16FN3S/c1-11-2-7-15(21-11)10-18-8-13-9-19-20-16(13)12-3-5-14(17)6-4-12/h2-7,9,18H,8,10H2,1H3,(H,19,20).